The number of fused-ring (bicyclic) bond motifs is 1. The molecule has 1 aliphatic heterocycles. The van der Waals surface area contributed by atoms with E-state index in [2.05, 4.69) is 31.9 Å². The van der Waals surface area contributed by atoms with Crippen LogP contribution in [0, 0.1) is 0 Å². The van der Waals surface area contributed by atoms with Gasteiger partial charge in [0.1, 0.15) is 5.75 Å². The Morgan fingerprint density at radius 2 is 1.74 bits per heavy atom. The molecular formula is C15H10Br2O2. The molecule has 96 valence electrons. The van der Waals surface area contributed by atoms with E-state index in [0.29, 0.717) is 17.7 Å². The summed E-state index contributed by atoms with van der Waals surface area (Å²) in [7, 11) is 0. The van der Waals surface area contributed by atoms with E-state index in [4.69, 9.17) is 4.74 Å². The zero-order valence-corrected chi connectivity index (χ0v) is 13.1. The molecule has 0 spiro atoms. The molecule has 0 unspecified atom stereocenters. The summed E-state index contributed by atoms with van der Waals surface area (Å²) in [5, 5.41) is 0. The summed E-state index contributed by atoms with van der Waals surface area (Å²) < 4.78 is 7.22. The largest absolute Gasteiger partial charge is 0.493 e. The maximum atomic E-state index is 12.5. The highest BCUT2D eigenvalue weighted by molar-refractivity contribution is 9.11. The molecule has 4 heteroatoms. The lowest BCUT2D eigenvalue weighted by molar-refractivity contribution is 0.103. The standard InChI is InChI=1S/C15H10Br2O2/c16-12-6-11(7-13(17)8-12)15(18)10-1-2-14-9(5-10)3-4-19-14/h1-2,5-8H,3-4H2. The lowest BCUT2D eigenvalue weighted by atomic mass is 10.0. The van der Waals surface area contributed by atoms with Crippen LogP contribution < -0.4 is 4.74 Å². The topological polar surface area (TPSA) is 26.3 Å². The van der Waals surface area contributed by atoms with Crippen LogP contribution in [0.1, 0.15) is 21.5 Å². The van der Waals surface area contributed by atoms with E-state index in [1.54, 1.807) is 0 Å². The highest BCUT2D eigenvalue weighted by atomic mass is 79.9. The zero-order valence-electron chi connectivity index (χ0n) is 9.95. The van der Waals surface area contributed by atoms with Gasteiger partial charge < -0.3 is 4.74 Å². The molecule has 1 heterocycles. The molecule has 2 aromatic rings. The second kappa shape index (κ2) is 5.10. The van der Waals surface area contributed by atoms with E-state index in [1.807, 2.05) is 36.4 Å². The van der Waals surface area contributed by atoms with Crippen molar-refractivity contribution in [1.82, 2.24) is 0 Å². The molecule has 0 aromatic heterocycles. The van der Waals surface area contributed by atoms with Crippen molar-refractivity contribution in [3.05, 3.63) is 62.0 Å². The molecule has 0 radical (unpaired) electrons. The van der Waals surface area contributed by atoms with E-state index >= 15 is 0 Å². The van der Waals surface area contributed by atoms with Gasteiger partial charge in [-0.05, 0) is 42.0 Å². The smallest absolute Gasteiger partial charge is 0.193 e. The van der Waals surface area contributed by atoms with Crippen LogP contribution in [-0.2, 0) is 6.42 Å². The minimum atomic E-state index is 0.0247. The Labute approximate surface area is 128 Å². The van der Waals surface area contributed by atoms with Crippen LogP contribution in [0.5, 0.6) is 5.75 Å². The predicted octanol–water partition coefficient (Wildman–Crippen LogP) is 4.38. The van der Waals surface area contributed by atoms with Crippen LogP contribution in [0.3, 0.4) is 0 Å². The van der Waals surface area contributed by atoms with Gasteiger partial charge in [0.2, 0.25) is 0 Å². The second-order valence-corrected chi connectivity index (χ2v) is 6.24. The van der Waals surface area contributed by atoms with Crippen molar-refractivity contribution in [2.24, 2.45) is 0 Å². The van der Waals surface area contributed by atoms with Crippen LogP contribution in [0.15, 0.2) is 45.3 Å². The molecule has 19 heavy (non-hydrogen) atoms. The molecule has 2 aromatic carbocycles. The minimum absolute atomic E-state index is 0.0247. The lowest BCUT2D eigenvalue weighted by Gasteiger charge is -2.05. The Morgan fingerprint density at radius 1 is 1.00 bits per heavy atom. The van der Waals surface area contributed by atoms with Gasteiger partial charge in [-0.1, -0.05) is 31.9 Å². The average Bonchev–Trinajstić information content (AvgIpc) is 2.83. The van der Waals surface area contributed by atoms with Gasteiger partial charge in [-0.15, -0.1) is 0 Å². The summed E-state index contributed by atoms with van der Waals surface area (Å²) in [5.74, 6) is 0.920. The Hall–Kier alpha value is -1.13. The third-order valence-electron chi connectivity index (χ3n) is 3.08. The number of ether oxygens (including phenoxy) is 1. The summed E-state index contributed by atoms with van der Waals surface area (Å²) in [6.07, 6.45) is 0.874. The van der Waals surface area contributed by atoms with Crippen LogP contribution >= 0.6 is 31.9 Å². The van der Waals surface area contributed by atoms with Gasteiger partial charge in [0.05, 0.1) is 6.61 Å². The summed E-state index contributed by atoms with van der Waals surface area (Å²) in [6.45, 7) is 0.704. The molecule has 2 nitrogen and oxygen atoms in total. The second-order valence-electron chi connectivity index (χ2n) is 4.41. The van der Waals surface area contributed by atoms with Gasteiger partial charge in [0, 0.05) is 26.5 Å². The first-order chi connectivity index (χ1) is 9.13. The first kappa shape index (κ1) is 12.9. The van der Waals surface area contributed by atoms with Crippen molar-refractivity contribution < 1.29 is 9.53 Å². The molecular weight excluding hydrogens is 372 g/mol. The lowest BCUT2D eigenvalue weighted by Crippen LogP contribution is -2.01. The summed E-state index contributed by atoms with van der Waals surface area (Å²) in [4.78, 5) is 12.5. The molecule has 0 fully saturated rings. The van der Waals surface area contributed by atoms with E-state index < -0.39 is 0 Å². The normalized spacial score (nSPS) is 12.9. The van der Waals surface area contributed by atoms with E-state index in [9.17, 15) is 4.79 Å². The highest BCUT2D eigenvalue weighted by Gasteiger charge is 2.16. The van der Waals surface area contributed by atoms with Gasteiger partial charge in [-0.3, -0.25) is 4.79 Å². The predicted molar refractivity (Wildman–Crippen MR) is 80.9 cm³/mol. The molecule has 0 amide bonds. The molecule has 0 N–H and O–H groups in total. The van der Waals surface area contributed by atoms with Crippen molar-refractivity contribution in [2.75, 3.05) is 6.61 Å². The van der Waals surface area contributed by atoms with Crippen molar-refractivity contribution in [3.63, 3.8) is 0 Å². The number of rotatable bonds is 2. The van der Waals surface area contributed by atoms with E-state index in [1.165, 1.54) is 0 Å². The van der Waals surface area contributed by atoms with Crippen molar-refractivity contribution in [1.29, 1.82) is 0 Å². The Balaban J connectivity index is 1.99. The number of halogens is 2. The fourth-order valence-corrected chi connectivity index (χ4v) is 3.47. The Bertz CT molecular complexity index is 645. The number of hydrogen-bond acceptors (Lipinski definition) is 2. The van der Waals surface area contributed by atoms with Crippen LogP contribution in [-0.4, -0.2) is 12.4 Å². The maximum absolute atomic E-state index is 12.5. The van der Waals surface area contributed by atoms with Gasteiger partial charge in [0.25, 0.3) is 0 Å². The van der Waals surface area contributed by atoms with Gasteiger partial charge in [0.15, 0.2) is 5.78 Å². The molecule has 0 bridgehead atoms. The van der Waals surface area contributed by atoms with Crippen molar-refractivity contribution >= 4 is 37.6 Å². The van der Waals surface area contributed by atoms with Gasteiger partial charge in [-0.2, -0.15) is 0 Å². The first-order valence-corrected chi connectivity index (χ1v) is 7.48. The van der Waals surface area contributed by atoms with Crippen LogP contribution in [0.25, 0.3) is 0 Å². The zero-order chi connectivity index (χ0) is 13.4. The highest BCUT2D eigenvalue weighted by Crippen LogP contribution is 2.28. The Kier molecular flexibility index (Phi) is 3.46. The molecule has 0 saturated heterocycles. The summed E-state index contributed by atoms with van der Waals surface area (Å²) >= 11 is 6.80. The summed E-state index contributed by atoms with van der Waals surface area (Å²) in [5.41, 5.74) is 2.48. The fourth-order valence-electron chi connectivity index (χ4n) is 2.18. The number of ketones is 1. The van der Waals surface area contributed by atoms with Crippen molar-refractivity contribution in [2.45, 2.75) is 6.42 Å². The monoisotopic (exact) mass is 380 g/mol. The fraction of sp³-hybridized carbons (Fsp3) is 0.133. The SMILES string of the molecule is O=C(c1cc(Br)cc(Br)c1)c1ccc2c(c1)CCO2. The van der Waals surface area contributed by atoms with Gasteiger partial charge in [-0.25, -0.2) is 0 Å². The number of carbonyl (C=O) groups excluding carboxylic acids is 1. The quantitative estimate of drug-likeness (QED) is 0.721. The molecule has 3 rings (SSSR count). The first-order valence-electron chi connectivity index (χ1n) is 5.90. The van der Waals surface area contributed by atoms with Crippen LogP contribution in [0.4, 0.5) is 0 Å². The minimum Gasteiger partial charge on any atom is -0.493 e. The van der Waals surface area contributed by atoms with Crippen LogP contribution in [0.2, 0.25) is 0 Å². The van der Waals surface area contributed by atoms with Crippen molar-refractivity contribution in [3.8, 4) is 5.75 Å². The third-order valence-corrected chi connectivity index (χ3v) is 3.99. The van der Waals surface area contributed by atoms with E-state index in [0.717, 1.165) is 26.7 Å². The molecule has 0 saturated carbocycles. The molecule has 0 aliphatic carbocycles. The Morgan fingerprint density at radius 3 is 2.47 bits per heavy atom. The number of carbonyl (C=O) groups is 1. The maximum Gasteiger partial charge on any atom is 0.193 e. The number of hydrogen-bond donors (Lipinski definition) is 0. The average molecular weight is 382 g/mol. The van der Waals surface area contributed by atoms with E-state index in [-0.39, 0.29) is 5.78 Å². The number of benzene rings is 2. The molecule has 1 aliphatic rings. The van der Waals surface area contributed by atoms with Gasteiger partial charge >= 0.3 is 0 Å². The summed E-state index contributed by atoms with van der Waals surface area (Å²) in [6, 6.07) is 11.2. The molecule has 0 atom stereocenters. The third kappa shape index (κ3) is 2.60.